The molecule has 2 heterocycles. The van der Waals surface area contributed by atoms with Crippen molar-refractivity contribution in [3.8, 4) is 11.8 Å². The minimum absolute atomic E-state index is 0.0619. The third-order valence-electron chi connectivity index (χ3n) is 5.87. The first-order valence-corrected chi connectivity index (χ1v) is 13.5. The molecule has 12 heteroatoms. The van der Waals surface area contributed by atoms with Gasteiger partial charge in [0.25, 0.3) is 5.56 Å². The van der Waals surface area contributed by atoms with E-state index in [2.05, 4.69) is 50.7 Å². The van der Waals surface area contributed by atoms with Gasteiger partial charge in [0.15, 0.2) is 8.32 Å². The molecule has 2 atom stereocenters. The van der Waals surface area contributed by atoms with Crippen LogP contribution in [-0.2, 0) is 20.4 Å². The van der Waals surface area contributed by atoms with Gasteiger partial charge >= 0.3 is 17.8 Å². The minimum atomic E-state index is -4.98. The molecule has 0 aromatic carbocycles. The molecule has 184 valence electrons. The van der Waals surface area contributed by atoms with Crippen molar-refractivity contribution in [3.05, 3.63) is 32.6 Å². The van der Waals surface area contributed by atoms with Crippen LogP contribution in [0.25, 0.3) is 0 Å². The highest BCUT2D eigenvalue weighted by Gasteiger charge is 2.39. The van der Waals surface area contributed by atoms with E-state index in [9.17, 15) is 27.6 Å². The molecule has 1 amide bonds. The molecule has 0 bridgehead atoms. The number of aromatic amines is 1. The highest BCUT2D eigenvalue weighted by atomic mass is 28.4. The van der Waals surface area contributed by atoms with E-state index in [1.807, 2.05) is 0 Å². The average molecular weight is 490 g/mol. The molecule has 8 nitrogen and oxygen atoms in total. The standard InChI is InChI=1S/C21H30F3N3O5Si/c1-20(2,3)33(4,5)31-13-15-9-10-16(32-15)27-12-14(17(28)26-19(27)30)8-6-7-11-25-18(29)21(22,23)24/h12,15-16H,8-11,13H2,1-5H3,(H,25,29)(H,26,28,30)/t15-,16+/m0/s1. The lowest BCUT2D eigenvalue weighted by atomic mass is 10.2. The van der Waals surface area contributed by atoms with E-state index < -0.39 is 44.4 Å². The Bertz CT molecular complexity index is 1030. The van der Waals surface area contributed by atoms with E-state index in [0.717, 1.165) is 0 Å². The number of nitrogens with one attached hydrogen (secondary N) is 2. The van der Waals surface area contributed by atoms with Crippen molar-refractivity contribution < 1.29 is 27.1 Å². The minimum Gasteiger partial charge on any atom is -0.414 e. The fourth-order valence-corrected chi connectivity index (χ4v) is 3.88. The first-order valence-electron chi connectivity index (χ1n) is 10.6. The third kappa shape index (κ3) is 7.31. The number of carbonyl (C=O) groups excluding carboxylic acids is 1. The number of hydrogen-bond donors (Lipinski definition) is 2. The molecule has 1 saturated heterocycles. The molecule has 1 aromatic heterocycles. The lowest BCUT2D eigenvalue weighted by molar-refractivity contribution is -0.173. The van der Waals surface area contributed by atoms with Crippen molar-refractivity contribution in [1.82, 2.24) is 14.9 Å². The second kappa shape index (κ2) is 10.3. The lowest BCUT2D eigenvalue weighted by Crippen LogP contribution is -2.42. The quantitative estimate of drug-likeness (QED) is 0.472. The Kier molecular flexibility index (Phi) is 8.37. The molecule has 2 rings (SSSR count). The van der Waals surface area contributed by atoms with E-state index in [-0.39, 0.29) is 23.1 Å². The van der Waals surface area contributed by atoms with Crippen LogP contribution in [0.3, 0.4) is 0 Å². The second-order valence-corrected chi connectivity index (χ2v) is 14.2. The third-order valence-corrected chi connectivity index (χ3v) is 10.4. The van der Waals surface area contributed by atoms with Crippen LogP contribution in [-0.4, -0.2) is 49.2 Å². The van der Waals surface area contributed by atoms with Gasteiger partial charge in [-0.1, -0.05) is 32.6 Å². The van der Waals surface area contributed by atoms with Crippen LogP contribution in [0.5, 0.6) is 0 Å². The van der Waals surface area contributed by atoms with Gasteiger partial charge in [0.1, 0.15) is 6.23 Å². The maximum absolute atomic E-state index is 12.3. The summed E-state index contributed by atoms with van der Waals surface area (Å²) in [5.41, 5.74) is -1.10. The summed E-state index contributed by atoms with van der Waals surface area (Å²) in [5, 5.41) is 1.68. The molecule has 0 aliphatic carbocycles. The summed E-state index contributed by atoms with van der Waals surface area (Å²) >= 11 is 0. The lowest BCUT2D eigenvalue weighted by Gasteiger charge is -2.36. The molecular formula is C21H30F3N3O5Si. The molecule has 1 aliphatic rings. The summed E-state index contributed by atoms with van der Waals surface area (Å²) in [6, 6.07) is 0. The number of halogens is 3. The zero-order valence-corrected chi connectivity index (χ0v) is 20.4. The van der Waals surface area contributed by atoms with E-state index in [4.69, 9.17) is 9.16 Å². The number of nitrogens with zero attached hydrogens (tertiary/aromatic N) is 1. The second-order valence-electron chi connectivity index (χ2n) is 9.39. The van der Waals surface area contributed by atoms with Gasteiger partial charge in [-0.25, -0.2) is 4.79 Å². The highest BCUT2D eigenvalue weighted by molar-refractivity contribution is 6.74. The van der Waals surface area contributed by atoms with Gasteiger partial charge in [-0.15, -0.1) is 0 Å². The summed E-state index contributed by atoms with van der Waals surface area (Å²) in [7, 11) is -1.94. The van der Waals surface area contributed by atoms with E-state index >= 15 is 0 Å². The van der Waals surface area contributed by atoms with Crippen molar-refractivity contribution in [2.45, 2.75) is 76.7 Å². The highest BCUT2D eigenvalue weighted by Crippen LogP contribution is 2.37. The Balaban J connectivity index is 2.00. The maximum atomic E-state index is 12.3. The molecule has 1 aromatic rings. The summed E-state index contributed by atoms with van der Waals surface area (Å²) < 4.78 is 49.9. The number of amides is 1. The van der Waals surface area contributed by atoms with Crippen LogP contribution < -0.4 is 16.6 Å². The van der Waals surface area contributed by atoms with Crippen LogP contribution in [0.2, 0.25) is 18.1 Å². The largest absolute Gasteiger partial charge is 0.471 e. The maximum Gasteiger partial charge on any atom is 0.471 e. The molecule has 0 radical (unpaired) electrons. The monoisotopic (exact) mass is 489 g/mol. The topological polar surface area (TPSA) is 102 Å². The van der Waals surface area contributed by atoms with Crippen LogP contribution >= 0.6 is 0 Å². The number of aromatic nitrogens is 2. The van der Waals surface area contributed by atoms with Crippen LogP contribution in [0.4, 0.5) is 13.2 Å². The summed E-state index contributed by atoms with van der Waals surface area (Å²) in [4.78, 5) is 37.3. The Hall–Kier alpha value is -2.36. The number of hydrogen-bond acceptors (Lipinski definition) is 5. The van der Waals surface area contributed by atoms with E-state index in [1.54, 1.807) is 5.32 Å². The molecule has 2 N–H and O–H groups in total. The molecule has 33 heavy (non-hydrogen) atoms. The molecule has 0 unspecified atom stereocenters. The molecule has 1 aliphatic heterocycles. The smallest absolute Gasteiger partial charge is 0.414 e. The van der Waals surface area contributed by atoms with Gasteiger partial charge in [-0.2, -0.15) is 13.2 Å². The number of ether oxygens (including phenoxy) is 1. The number of carbonyl (C=O) groups is 1. The van der Waals surface area contributed by atoms with Gasteiger partial charge in [0, 0.05) is 18.2 Å². The molecule has 1 fully saturated rings. The first kappa shape index (κ1) is 26.9. The summed E-state index contributed by atoms with van der Waals surface area (Å²) in [6.07, 6.45) is -3.23. The fourth-order valence-electron chi connectivity index (χ4n) is 2.84. The van der Waals surface area contributed by atoms with Crippen LogP contribution in [0.1, 0.15) is 45.4 Å². The van der Waals surface area contributed by atoms with Crippen molar-refractivity contribution in [2.24, 2.45) is 0 Å². The van der Waals surface area contributed by atoms with Gasteiger partial charge < -0.3 is 14.5 Å². The average Bonchev–Trinajstić information content (AvgIpc) is 3.14. The number of H-pyrrole nitrogens is 1. The van der Waals surface area contributed by atoms with Gasteiger partial charge in [-0.3, -0.25) is 19.1 Å². The van der Waals surface area contributed by atoms with Crippen molar-refractivity contribution in [1.29, 1.82) is 0 Å². The van der Waals surface area contributed by atoms with Gasteiger partial charge in [0.2, 0.25) is 0 Å². The SMILES string of the molecule is CC(C)(C)[Si](C)(C)OC[C@@H]1CC[C@H](n2cc(CC#CCNC(=O)C(F)(F)F)c(=O)[nH]c2=O)O1. The summed E-state index contributed by atoms with van der Waals surface area (Å²) in [5.74, 6) is 2.79. The fraction of sp³-hybridized carbons (Fsp3) is 0.667. The predicted molar refractivity (Wildman–Crippen MR) is 118 cm³/mol. The van der Waals surface area contributed by atoms with Crippen molar-refractivity contribution >= 4 is 14.2 Å². The molecule has 0 saturated carbocycles. The Morgan fingerprint density at radius 1 is 1.27 bits per heavy atom. The van der Waals surface area contributed by atoms with Gasteiger partial charge in [0.05, 0.1) is 19.3 Å². The Morgan fingerprint density at radius 2 is 1.94 bits per heavy atom. The van der Waals surface area contributed by atoms with E-state index in [0.29, 0.717) is 19.4 Å². The van der Waals surface area contributed by atoms with Gasteiger partial charge in [-0.05, 0) is 31.0 Å². The molecular weight excluding hydrogens is 459 g/mol. The predicted octanol–water partition coefficient (Wildman–Crippen LogP) is 2.46. The van der Waals surface area contributed by atoms with Crippen LogP contribution in [0.15, 0.2) is 15.8 Å². The Morgan fingerprint density at radius 3 is 2.55 bits per heavy atom. The Labute approximate surface area is 191 Å². The zero-order valence-electron chi connectivity index (χ0n) is 19.4. The van der Waals surface area contributed by atoms with E-state index in [1.165, 1.54) is 10.8 Å². The zero-order chi connectivity index (χ0) is 25.0. The normalized spacial score (nSPS) is 19.2. The van der Waals surface area contributed by atoms with Crippen molar-refractivity contribution in [2.75, 3.05) is 13.2 Å². The number of rotatable bonds is 6. The van der Waals surface area contributed by atoms with Crippen LogP contribution in [0, 0.1) is 11.8 Å². The summed E-state index contributed by atoms with van der Waals surface area (Å²) in [6.45, 7) is 10.6. The molecule has 0 spiro atoms. The van der Waals surface area contributed by atoms with Crippen molar-refractivity contribution in [3.63, 3.8) is 0 Å². The first-order chi connectivity index (χ1) is 15.1. The number of alkyl halides is 3.